The fraction of sp³-hybridized carbons (Fsp3) is 0.100. The quantitative estimate of drug-likeness (QED) is 0.837. The summed E-state index contributed by atoms with van der Waals surface area (Å²) in [4.78, 5) is 13.5. The topological polar surface area (TPSA) is 46.0 Å². The van der Waals surface area contributed by atoms with Gasteiger partial charge in [0.05, 0.1) is 5.52 Å². The van der Waals surface area contributed by atoms with E-state index in [2.05, 4.69) is 20.9 Å². The highest BCUT2D eigenvalue weighted by Crippen LogP contribution is 2.13. The number of halogens is 1. The lowest BCUT2D eigenvalue weighted by atomic mass is 10.2. The molecule has 4 heteroatoms. The van der Waals surface area contributed by atoms with Crippen molar-refractivity contribution in [3.63, 3.8) is 0 Å². The predicted molar refractivity (Wildman–Crippen MR) is 59.7 cm³/mol. The van der Waals surface area contributed by atoms with Crippen molar-refractivity contribution in [3.8, 4) is 0 Å². The Balaban J connectivity index is 2.50. The molecule has 2 aromatic rings. The highest BCUT2D eigenvalue weighted by atomic mass is 79.9. The first-order valence-corrected chi connectivity index (χ1v) is 5.27. The normalized spacial score (nSPS) is 11.5. The summed E-state index contributed by atoms with van der Waals surface area (Å²) in [5, 5.41) is 0.808. The van der Waals surface area contributed by atoms with Gasteiger partial charge >= 0.3 is 5.76 Å². The maximum Gasteiger partial charge on any atom is 0.417 e. The molecule has 14 heavy (non-hydrogen) atoms. The Morgan fingerprint density at radius 2 is 2.36 bits per heavy atom. The fourth-order valence-corrected chi connectivity index (χ4v) is 1.43. The van der Waals surface area contributed by atoms with E-state index in [1.54, 1.807) is 0 Å². The van der Waals surface area contributed by atoms with Crippen LogP contribution in [0.1, 0.15) is 5.56 Å². The van der Waals surface area contributed by atoms with Crippen LogP contribution in [0, 0.1) is 0 Å². The summed E-state index contributed by atoms with van der Waals surface area (Å²) >= 11 is 3.29. The summed E-state index contributed by atoms with van der Waals surface area (Å²) < 4.78 is 4.93. The Labute approximate surface area is 88.6 Å². The first kappa shape index (κ1) is 9.27. The van der Waals surface area contributed by atoms with E-state index < -0.39 is 5.76 Å². The number of nitrogens with one attached hydrogen (secondary N) is 1. The first-order valence-electron chi connectivity index (χ1n) is 4.15. The number of aromatic nitrogens is 1. The van der Waals surface area contributed by atoms with Gasteiger partial charge in [0, 0.05) is 5.33 Å². The number of hydrogen-bond acceptors (Lipinski definition) is 2. The van der Waals surface area contributed by atoms with Crippen LogP contribution in [0.3, 0.4) is 0 Å². The van der Waals surface area contributed by atoms with E-state index in [1.165, 1.54) is 0 Å². The van der Waals surface area contributed by atoms with E-state index >= 15 is 0 Å². The summed E-state index contributed by atoms with van der Waals surface area (Å²) in [7, 11) is 0. The van der Waals surface area contributed by atoms with E-state index in [0.29, 0.717) is 5.58 Å². The van der Waals surface area contributed by atoms with Gasteiger partial charge in [-0.25, -0.2) is 4.79 Å². The Morgan fingerprint density at radius 3 is 3.14 bits per heavy atom. The average Bonchev–Trinajstić information content (AvgIpc) is 2.54. The molecule has 0 saturated carbocycles. The van der Waals surface area contributed by atoms with E-state index in [9.17, 15) is 4.79 Å². The standard InChI is InChI=1S/C10H8BrNO2/c11-5-1-2-7-3-4-8-9(6-7)14-10(13)12-8/h1-4,6H,5H2,(H,12,13). The van der Waals surface area contributed by atoms with Gasteiger partial charge in [-0.3, -0.25) is 4.98 Å². The van der Waals surface area contributed by atoms with Crippen LogP contribution in [0.25, 0.3) is 17.2 Å². The number of allylic oxidation sites excluding steroid dienone is 1. The monoisotopic (exact) mass is 253 g/mol. The van der Waals surface area contributed by atoms with Crippen molar-refractivity contribution in [3.05, 3.63) is 40.4 Å². The van der Waals surface area contributed by atoms with Crippen molar-refractivity contribution in [2.24, 2.45) is 0 Å². The summed E-state index contributed by atoms with van der Waals surface area (Å²) in [6.45, 7) is 0. The number of H-pyrrole nitrogens is 1. The van der Waals surface area contributed by atoms with Crippen LogP contribution in [-0.2, 0) is 0 Å². The van der Waals surface area contributed by atoms with Gasteiger partial charge in [0.15, 0.2) is 5.58 Å². The van der Waals surface area contributed by atoms with E-state index in [0.717, 1.165) is 16.4 Å². The molecule has 0 aliphatic rings. The molecule has 1 heterocycles. The number of alkyl halides is 1. The number of oxazole rings is 1. The fourth-order valence-electron chi connectivity index (χ4n) is 1.25. The lowest BCUT2D eigenvalue weighted by molar-refractivity contribution is 0.555. The molecule has 0 saturated heterocycles. The van der Waals surface area contributed by atoms with Crippen molar-refractivity contribution in [1.82, 2.24) is 4.98 Å². The molecule has 0 fully saturated rings. The number of aromatic amines is 1. The molecule has 1 aromatic carbocycles. The van der Waals surface area contributed by atoms with Crippen molar-refractivity contribution in [2.45, 2.75) is 0 Å². The van der Waals surface area contributed by atoms with E-state index in [-0.39, 0.29) is 0 Å². The molecule has 0 bridgehead atoms. The van der Waals surface area contributed by atoms with Crippen LogP contribution >= 0.6 is 15.9 Å². The Morgan fingerprint density at radius 1 is 1.50 bits per heavy atom. The van der Waals surface area contributed by atoms with E-state index in [1.807, 2.05) is 30.4 Å². The van der Waals surface area contributed by atoms with Crippen molar-refractivity contribution in [2.75, 3.05) is 5.33 Å². The molecule has 0 amide bonds. The molecule has 1 aromatic heterocycles. The van der Waals surface area contributed by atoms with Crippen molar-refractivity contribution >= 4 is 33.1 Å². The van der Waals surface area contributed by atoms with Crippen LogP contribution in [0.15, 0.2) is 33.5 Å². The smallest absolute Gasteiger partial charge is 0.408 e. The second-order valence-corrected chi connectivity index (χ2v) is 3.47. The lowest BCUT2D eigenvalue weighted by Crippen LogP contribution is -1.92. The minimum atomic E-state index is -0.415. The largest absolute Gasteiger partial charge is 0.417 e. The Bertz CT molecular complexity index is 524. The van der Waals surface area contributed by atoms with Gasteiger partial charge in [0.1, 0.15) is 0 Å². The third kappa shape index (κ3) is 1.80. The molecular weight excluding hydrogens is 246 g/mol. The molecule has 2 rings (SSSR count). The third-order valence-corrected chi connectivity index (χ3v) is 2.22. The van der Waals surface area contributed by atoms with Crippen LogP contribution in [0.5, 0.6) is 0 Å². The van der Waals surface area contributed by atoms with Crippen LogP contribution < -0.4 is 5.76 Å². The molecule has 72 valence electrons. The maximum absolute atomic E-state index is 10.9. The first-order chi connectivity index (χ1) is 6.79. The van der Waals surface area contributed by atoms with Crippen LogP contribution in [0.2, 0.25) is 0 Å². The van der Waals surface area contributed by atoms with Gasteiger partial charge in [0.2, 0.25) is 0 Å². The maximum atomic E-state index is 10.9. The van der Waals surface area contributed by atoms with Gasteiger partial charge in [-0.15, -0.1) is 0 Å². The number of hydrogen-bond donors (Lipinski definition) is 1. The van der Waals surface area contributed by atoms with Gasteiger partial charge in [0.25, 0.3) is 0 Å². The SMILES string of the molecule is O=c1[nH]c2ccc(C=CCBr)cc2o1. The van der Waals surface area contributed by atoms with Crippen molar-refractivity contribution < 1.29 is 4.42 Å². The molecule has 0 unspecified atom stereocenters. The summed E-state index contributed by atoms with van der Waals surface area (Å²) in [6.07, 6.45) is 3.94. The second-order valence-electron chi connectivity index (χ2n) is 2.83. The van der Waals surface area contributed by atoms with Gasteiger partial charge in [-0.1, -0.05) is 34.1 Å². The summed E-state index contributed by atoms with van der Waals surface area (Å²) in [6, 6.07) is 5.58. The minimum absolute atomic E-state index is 0.415. The third-order valence-electron chi connectivity index (χ3n) is 1.84. The zero-order chi connectivity index (χ0) is 9.97. The highest BCUT2D eigenvalue weighted by molar-refractivity contribution is 9.09. The average molecular weight is 254 g/mol. The molecule has 0 spiro atoms. The minimum Gasteiger partial charge on any atom is -0.408 e. The number of rotatable bonds is 2. The Kier molecular flexibility index (Phi) is 2.54. The van der Waals surface area contributed by atoms with Crippen LogP contribution in [0.4, 0.5) is 0 Å². The molecule has 3 nitrogen and oxygen atoms in total. The van der Waals surface area contributed by atoms with E-state index in [4.69, 9.17) is 4.42 Å². The van der Waals surface area contributed by atoms with Crippen LogP contribution in [-0.4, -0.2) is 10.3 Å². The highest BCUT2D eigenvalue weighted by Gasteiger charge is 1.99. The molecule has 1 N–H and O–H groups in total. The summed E-state index contributed by atoms with van der Waals surface area (Å²) in [5.41, 5.74) is 2.33. The lowest BCUT2D eigenvalue weighted by Gasteiger charge is -1.91. The van der Waals surface area contributed by atoms with Crippen molar-refractivity contribution in [1.29, 1.82) is 0 Å². The van der Waals surface area contributed by atoms with Gasteiger partial charge in [-0.2, -0.15) is 0 Å². The second kappa shape index (κ2) is 3.84. The zero-order valence-corrected chi connectivity index (χ0v) is 8.87. The molecule has 0 aliphatic heterocycles. The van der Waals surface area contributed by atoms with Gasteiger partial charge < -0.3 is 4.42 Å². The molecule has 0 aliphatic carbocycles. The van der Waals surface area contributed by atoms with Gasteiger partial charge in [-0.05, 0) is 17.7 Å². The number of fused-ring (bicyclic) bond motifs is 1. The molecule has 0 radical (unpaired) electrons. The molecule has 0 atom stereocenters. The zero-order valence-electron chi connectivity index (χ0n) is 7.29. The Hall–Kier alpha value is -1.29. The molecular formula is C10H8BrNO2. The summed E-state index contributed by atoms with van der Waals surface area (Å²) in [5.74, 6) is -0.415. The predicted octanol–water partition coefficient (Wildman–Crippen LogP) is 2.53. The number of benzene rings is 1.